The summed E-state index contributed by atoms with van der Waals surface area (Å²) in [5, 5.41) is 8.53. The van der Waals surface area contributed by atoms with Crippen LogP contribution in [0.2, 0.25) is 0 Å². The highest BCUT2D eigenvalue weighted by molar-refractivity contribution is 6.35. The van der Waals surface area contributed by atoms with E-state index < -0.39 is 0 Å². The summed E-state index contributed by atoms with van der Waals surface area (Å²) in [5.41, 5.74) is 7.58. The predicted molar refractivity (Wildman–Crippen MR) is 98.3 cm³/mol. The molecule has 6 heteroatoms. The number of nitrogens with zero attached hydrogens (tertiary/aromatic N) is 2. The normalized spacial score (nSPS) is 11.8. The van der Waals surface area contributed by atoms with Crippen LogP contribution in [0.1, 0.15) is 13.8 Å². The fourth-order valence-corrected chi connectivity index (χ4v) is 1.81. The monoisotopic (exact) mass is 326 g/mol. The van der Waals surface area contributed by atoms with E-state index in [1.54, 1.807) is 0 Å². The van der Waals surface area contributed by atoms with E-state index in [2.05, 4.69) is 21.1 Å². The standard InChI is InChI=1S/C18H22N4O2/c1-3-23-17(21-19-15-11-7-5-8-12-15)18(24-4-2)22-20-16-13-9-6-10-14-16/h5-14,19-20H,3-4H2,1-2H3/b21-17+,22-18?. The predicted octanol–water partition coefficient (Wildman–Crippen LogP) is 3.91. The minimum Gasteiger partial charge on any atom is -0.473 e. The summed E-state index contributed by atoms with van der Waals surface area (Å²) in [6.45, 7) is 4.66. The van der Waals surface area contributed by atoms with Gasteiger partial charge in [0.25, 0.3) is 11.8 Å². The Labute approximate surface area is 142 Å². The molecule has 0 amide bonds. The molecule has 0 fully saturated rings. The molecule has 2 aromatic carbocycles. The number of hydrogen-bond acceptors (Lipinski definition) is 6. The van der Waals surface area contributed by atoms with Crippen molar-refractivity contribution in [3.05, 3.63) is 60.7 Å². The minimum absolute atomic E-state index is 0.284. The molecule has 0 saturated carbocycles. The van der Waals surface area contributed by atoms with Crippen LogP contribution in [-0.4, -0.2) is 25.0 Å². The van der Waals surface area contributed by atoms with Crippen LogP contribution in [0.4, 0.5) is 11.4 Å². The number of para-hydroxylation sites is 2. The molecule has 0 radical (unpaired) electrons. The van der Waals surface area contributed by atoms with Crippen molar-refractivity contribution in [3.8, 4) is 0 Å². The molecule has 126 valence electrons. The lowest BCUT2D eigenvalue weighted by atomic mass is 10.3. The molecule has 0 aliphatic carbocycles. The van der Waals surface area contributed by atoms with Crippen LogP contribution in [0.3, 0.4) is 0 Å². The highest BCUT2D eigenvalue weighted by Crippen LogP contribution is 2.07. The summed E-state index contributed by atoms with van der Waals surface area (Å²) < 4.78 is 11.1. The molecule has 0 aliphatic rings. The Bertz CT molecular complexity index is 598. The van der Waals surface area contributed by atoms with Crippen molar-refractivity contribution < 1.29 is 9.47 Å². The molecule has 2 rings (SSSR count). The first-order valence-corrected chi connectivity index (χ1v) is 7.87. The SMILES string of the molecule is CCOC(=NNc1ccccc1)/C(=N\Nc1ccccc1)OCC. The zero-order valence-corrected chi connectivity index (χ0v) is 13.9. The number of hydrazone groups is 2. The third-order valence-electron chi connectivity index (χ3n) is 2.87. The first kappa shape index (κ1) is 17.3. The Hall–Kier alpha value is -3.02. The van der Waals surface area contributed by atoms with Crippen molar-refractivity contribution >= 4 is 23.2 Å². The zero-order valence-electron chi connectivity index (χ0n) is 13.9. The second kappa shape index (κ2) is 9.89. The van der Waals surface area contributed by atoms with Gasteiger partial charge in [-0.1, -0.05) is 36.4 Å². The van der Waals surface area contributed by atoms with Crippen molar-refractivity contribution in [3.63, 3.8) is 0 Å². The summed E-state index contributed by atoms with van der Waals surface area (Å²) in [6.07, 6.45) is 0. The third-order valence-corrected chi connectivity index (χ3v) is 2.87. The van der Waals surface area contributed by atoms with E-state index in [1.165, 1.54) is 0 Å². The average molecular weight is 326 g/mol. The lowest BCUT2D eigenvalue weighted by Crippen LogP contribution is -2.23. The van der Waals surface area contributed by atoms with Crippen LogP contribution < -0.4 is 10.9 Å². The van der Waals surface area contributed by atoms with Gasteiger partial charge in [-0.25, -0.2) is 0 Å². The van der Waals surface area contributed by atoms with Crippen LogP contribution in [-0.2, 0) is 9.47 Å². The van der Waals surface area contributed by atoms with Gasteiger partial charge >= 0.3 is 0 Å². The quantitative estimate of drug-likeness (QED) is 0.480. The average Bonchev–Trinajstić information content (AvgIpc) is 2.64. The third kappa shape index (κ3) is 5.64. The van der Waals surface area contributed by atoms with Gasteiger partial charge in [0.05, 0.1) is 24.6 Å². The van der Waals surface area contributed by atoms with E-state index in [0.29, 0.717) is 13.2 Å². The van der Waals surface area contributed by atoms with E-state index in [0.717, 1.165) is 11.4 Å². The van der Waals surface area contributed by atoms with Crippen molar-refractivity contribution in [1.82, 2.24) is 0 Å². The van der Waals surface area contributed by atoms with Gasteiger partial charge in [-0.2, -0.15) is 0 Å². The van der Waals surface area contributed by atoms with Gasteiger partial charge in [0, 0.05) is 0 Å². The molecule has 0 spiro atoms. The number of hydrogen-bond donors (Lipinski definition) is 2. The van der Waals surface area contributed by atoms with Crippen molar-refractivity contribution in [2.75, 3.05) is 24.1 Å². The maximum atomic E-state index is 5.56. The molecule has 2 N–H and O–H groups in total. The summed E-state index contributed by atoms with van der Waals surface area (Å²) in [4.78, 5) is 0. The molecule has 0 unspecified atom stereocenters. The second-order valence-corrected chi connectivity index (χ2v) is 4.66. The number of nitrogens with one attached hydrogen (secondary N) is 2. The maximum absolute atomic E-state index is 5.56. The van der Waals surface area contributed by atoms with Crippen LogP contribution >= 0.6 is 0 Å². The number of benzene rings is 2. The van der Waals surface area contributed by atoms with Gasteiger partial charge in [-0.05, 0) is 38.1 Å². The zero-order chi connectivity index (χ0) is 17.0. The first-order valence-electron chi connectivity index (χ1n) is 7.87. The lowest BCUT2D eigenvalue weighted by Gasteiger charge is -2.11. The topological polar surface area (TPSA) is 67.2 Å². The Balaban J connectivity index is 2.16. The first-order chi connectivity index (χ1) is 11.8. The Morgan fingerprint density at radius 2 is 1.08 bits per heavy atom. The fraction of sp³-hybridized carbons (Fsp3) is 0.222. The molecule has 0 heterocycles. The van der Waals surface area contributed by atoms with E-state index in [9.17, 15) is 0 Å². The molecule has 0 atom stereocenters. The molecule has 24 heavy (non-hydrogen) atoms. The largest absolute Gasteiger partial charge is 0.473 e. The highest BCUT2D eigenvalue weighted by atomic mass is 16.5. The summed E-state index contributed by atoms with van der Waals surface area (Å²) >= 11 is 0. The van der Waals surface area contributed by atoms with Crippen LogP contribution in [0, 0.1) is 0 Å². The maximum Gasteiger partial charge on any atom is 0.296 e. The van der Waals surface area contributed by atoms with Crippen LogP contribution in [0.15, 0.2) is 70.9 Å². The summed E-state index contributed by atoms with van der Waals surface area (Å²) in [5.74, 6) is 0.568. The van der Waals surface area contributed by atoms with Gasteiger partial charge in [0.2, 0.25) is 0 Å². The number of rotatable bonds is 6. The van der Waals surface area contributed by atoms with Crippen molar-refractivity contribution in [1.29, 1.82) is 0 Å². The van der Waals surface area contributed by atoms with Crippen LogP contribution in [0.5, 0.6) is 0 Å². The lowest BCUT2D eigenvalue weighted by molar-refractivity contribution is 0.295. The Kier molecular flexibility index (Phi) is 7.14. The summed E-state index contributed by atoms with van der Waals surface area (Å²) in [6, 6.07) is 19.2. The van der Waals surface area contributed by atoms with Gasteiger partial charge < -0.3 is 9.47 Å². The molecule has 0 aliphatic heterocycles. The van der Waals surface area contributed by atoms with E-state index >= 15 is 0 Å². The molecule has 0 saturated heterocycles. The molecular formula is C18H22N4O2. The van der Waals surface area contributed by atoms with Crippen molar-refractivity contribution in [2.24, 2.45) is 10.2 Å². The fourth-order valence-electron chi connectivity index (χ4n) is 1.81. The highest BCUT2D eigenvalue weighted by Gasteiger charge is 2.13. The molecule has 0 bridgehead atoms. The van der Waals surface area contributed by atoms with Crippen molar-refractivity contribution in [2.45, 2.75) is 13.8 Å². The van der Waals surface area contributed by atoms with Gasteiger partial charge in [0.1, 0.15) is 0 Å². The van der Waals surface area contributed by atoms with E-state index in [1.807, 2.05) is 74.5 Å². The smallest absolute Gasteiger partial charge is 0.296 e. The molecule has 0 aromatic heterocycles. The van der Waals surface area contributed by atoms with E-state index in [-0.39, 0.29) is 11.8 Å². The second-order valence-electron chi connectivity index (χ2n) is 4.66. The molecule has 2 aromatic rings. The molecular weight excluding hydrogens is 304 g/mol. The summed E-state index contributed by atoms with van der Waals surface area (Å²) in [7, 11) is 0. The van der Waals surface area contributed by atoms with Gasteiger partial charge in [0.15, 0.2) is 0 Å². The minimum atomic E-state index is 0.284. The van der Waals surface area contributed by atoms with Gasteiger partial charge in [-0.15, -0.1) is 10.2 Å². The van der Waals surface area contributed by atoms with E-state index in [4.69, 9.17) is 9.47 Å². The van der Waals surface area contributed by atoms with Crippen LogP contribution in [0.25, 0.3) is 0 Å². The Morgan fingerprint density at radius 3 is 1.42 bits per heavy atom. The number of ether oxygens (including phenoxy) is 2. The Morgan fingerprint density at radius 1 is 0.708 bits per heavy atom. The number of anilines is 2. The molecule has 6 nitrogen and oxygen atoms in total. The van der Waals surface area contributed by atoms with Gasteiger partial charge in [-0.3, -0.25) is 10.9 Å².